The van der Waals surface area contributed by atoms with Gasteiger partial charge in [0.15, 0.2) is 0 Å². The summed E-state index contributed by atoms with van der Waals surface area (Å²) in [5.41, 5.74) is 0. The number of ether oxygens (including phenoxy) is 1. The molecule has 0 fully saturated rings. The van der Waals surface area contributed by atoms with E-state index in [-0.39, 0.29) is 6.10 Å². The van der Waals surface area contributed by atoms with Crippen LogP contribution in [0.2, 0.25) is 0 Å². The summed E-state index contributed by atoms with van der Waals surface area (Å²) in [6, 6.07) is 6.18. The second kappa shape index (κ2) is 5.74. The Balaban J connectivity index is 2.28. The van der Waals surface area contributed by atoms with Crippen LogP contribution in [0.1, 0.15) is 24.6 Å². The Bertz CT molecular complexity index is 263. The lowest BCUT2D eigenvalue weighted by Crippen LogP contribution is -2.09. The first-order valence-corrected chi connectivity index (χ1v) is 5.25. The molecule has 0 spiro atoms. The third-order valence-corrected chi connectivity index (χ3v) is 2.67. The van der Waals surface area contributed by atoms with Crippen molar-refractivity contribution in [1.29, 1.82) is 5.26 Å². The van der Waals surface area contributed by atoms with Crippen molar-refractivity contribution in [3.05, 3.63) is 22.4 Å². The van der Waals surface area contributed by atoms with E-state index in [0.29, 0.717) is 13.0 Å². The molecular weight excluding hydrogens is 182 g/mol. The number of rotatable bonds is 5. The minimum atomic E-state index is 0.0899. The zero-order chi connectivity index (χ0) is 9.52. The van der Waals surface area contributed by atoms with E-state index in [2.05, 4.69) is 6.07 Å². The van der Waals surface area contributed by atoms with Crippen LogP contribution in [0.3, 0.4) is 0 Å². The minimum absolute atomic E-state index is 0.0899. The van der Waals surface area contributed by atoms with Gasteiger partial charge in [0.05, 0.1) is 25.2 Å². The Morgan fingerprint density at radius 1 is 1.69 bits per heavy atom. The van der Waals surface area contributed by atoms with Gasteiger partial charge in [-0.2, -0.15) is 5.26 Å². The van der Waals surface area contributed by atoms with Gasteiger partial charge in [0.25, 0.3) is 0 Å². The van der Waals surface area contributed by atoms with Crippen molar-refractivity contribution in [2.45, 2.75) is 32.5 Å². The van der Waals surface area contributed by atoms with Crippen molar-refractivity contribution in [2.24, 2.45) is 0 Å². The lowest BCUT2D eigenvalue weighted by Gasteiger charge is -2.11. The molecule has 0 aromatic carbocycles. The van der Waals surface area contributed by atoms with E-state index in [1.54, 1.807) is 11.3 Å². The number of thiophene rings is 1. The monoisotopic (exact) mass is 195 g/mol. The van der Waals surface area contributed by atoms with Gasteiger partial charge in [0.1, 0.15) is 0 Å². The average Bonchev–Trinajstić information content (AvgIpc) is 2.64. The van der Waals surface area contributed by atoms with Crippen LogP contribution in [0.15, 0.2) is 17.5 Å². The third kappa shape index (κ3) is 3.58. The summed E-state index contributed by atoms with van der Waals surface area (Å²) >= 11 is 1.69. The van der Waals surface area contributed by atoms with Crippen LogP contribution in [0.5, 0.6) is 0 Å². The van der Waals surface area contributed by atoms with Crippen LogP contribution in [-0.2, 0) is 11.3 Å². The maximum Gasteiger partial charge on any atom is 0.0813 e. The van der Waals surface area contributed by atoms with Crippen molar-refractivity contribution >= 4 is 11.3 Å². The van der Waals surface area contributed by atoms with Crippen molar-refractivity contribution in [1.82, 2.24) is 0 Å². The second-order valence-electron chi connectivity index (χ2n) is 2.78. The van der Waals surface area contributed by atoms with Gasteiger partial charge in [-0.15, -0.1) is 11.3 Å². The smallest absolute Gasteiger partial charge is 0.0813 e. The molecule has 0 amide bonds. The first-order valence-electron chi connectivity index (χ1n) is 4.37. The summed E-state index contributed by atoms with van der Waals surface area (Å²) in [5, 5.41) is 10.5. The summed E-state index contributed by atoms with van der Waals surface area (Å²) in [4.78, 5) is 1.22. The highest BCUT2D eigenvalue weighted by Gasteiger charge is 2.05. The summed E-state index contributed by atoms with van der Waals surface area (Å²) in [7, 11) is 0. The van der Waals surface area contributed by atoms with Gasteiger partial charge < -0.3 is 4.74 Å². The molecule has 13 heavy (non-hydrogen) atoms. The molecule has 0 saturated heterocycles. The number of hydrogen-bond donors (Lipinski definition) is 0. The van der Waals surface area contributed by atoms with Gasteiger partial charge in [0.2, 0.25) is 0 Å². The van der Waals surface area contributed by atoms with Crippen LogP contribution in [0.4, 0.5) is 0 Å². The lowest BCUT2D eigenvalue weighted by molar-refractivity contribution is 0.0429. The van der Waals surface area contributed by atoms with E-state index in [1.807, 2.05) is 24.4 Å². The van der Waals surface area contributed by atoms with E-state index < -0.39 is 0 Å². The molecule has 1 rings (SSSR count). The molecule has 1 heterocycles. The first kappa shape index (κ1) is 10.2. The molecule has 70 valence electrons. The van der Waals surface area contributed by atoms with Crippen molar-refractivity contribution in [3.8, 4) is 6.07 Å². The highest BCUT2D eigenvalue weighted by Crippen LogP contribution is 2.12. The van der Waals surface area contributed by atoms with Crippen LogP contribution in [0.25, 0.3) is 0 Å². The normalized spacial score (nSPS) is 12.3. The van der Waals surface area contributed by atoms with Gasteiger partial charge in [-0.05, 0) is 17.9 Å². The molecule has 1 aromatic rings. The van der Waals surface area contributed by atoms with Crippen molar-refractivity contribution in [3.63, 3.8) is 0 Å². The van der Waals surface area contributed by atoms with E-state index in [0.717, 1.165) is 6.42 Å². The summed E-state index contributed by atoms with van der Waals surface area (Å²) in [6.45, 7) is 2.67. The molecule has 0 radical (unpaired) electrons. The largest absolute Gasteiger partial charge is 0.372 e. The zero-order valence-corrected chi connectivity index (χ0v) is 8.51. The Morgan fingerprint density at radius 2 is 2.54 bits per heavy atom. The van der Waals surface area contributed by atoms with Crippen LogP contribution in [0, 0.1) is 11.3 Å². The molecule has 3 heteroatoms. The quantitative estimate of drug-likeness (QED) is 0.723. The van der Waals surface area contributed by atoms with Gasteiger partial charge >= 0.3 is 0 Å². The minimum Gasteiger partial charge on any atom is -0.372 e. The molecule has 1 atom stereocenters. The van der Waals surface area contributed by atoms with E-state index in [9.17, 15) is 0 Å². The fourth-order valence-corrected chi connectivity index (χ4v) is 1.64. The molecular formula is C10H13NOS. The number of nitrogens with zero attached hydrogens (tertiary/aromatic N) is 1. The predicted octanol–water partition coefficient (Wildman–Crippen LogP) is 2.96. The summed E-state index contributed by atoms with van der Waals surface area (Å²) in [6.07, 6.45) is 1.48. The van der Waals surface area contributed by atoms with Crippen LogP contribution < -0.4 is 0 Å². The van der Waals surface area contributed by atoms with Crippen molar-refractivity contribution in [2.75, 3.05) is 0 Å². The standard InChI is InChI=1S/C10H13NOS/c1-2-9(5-6-11)12-8-10-4-3-7-13-10/h3-4,7,9H,2,5,8H2,1H3. The molecule has 0 aliphatic heterocycles. The van der Waals surface area contributed by atoms with Gasteiger partial charge in [-0.3, -0.25) is 0 Å². The molecule has 0 bridgehead atoms. The van der Waals surface area contributed by atoms with E-state index in [1.165, 1.54) is 4.88 Å². The molecule has 0 aliphatic carbocycles. The molecule has 0 aliphatic rings. The summed E-state index contributed by atoms with van der Waals surface area (Å²) in [5.74, 6) is 0. The molecule has 1 unspecified atom stereocenters. The van der Waals surface area contributed by atoms with E-state index in [4.69, 9.17) is 10.00 Å². The number of hydrogen-bond acceptors (Lipinski definition) is 3. The summed E-state index contributed by atoms with van der Waals surface area (Å²) < 4.78 is 5.56. The van der Waals surface area contributed by atoms with Gasteiger partial charge in [-0.25, -0.2) is 0 Å². The molecule has 1 aromatic heterocycles. The Labute approximate surface area is 82.8 Å². The topological polar surface area (TPSA) is 33.0 Å². The molecule has 2 nitrogen and oxygen atoms in total. The Hall–Kier alpha value is -0.850. The fraction of sp³-hybridized carbons (Fsp3) is 0.500. The van der Waals surface area contributed by atoms with Gasteiger partial charge in [-0.1, -0.05) is 13.0 Å². The lowest BCUT2D eigenvalue weighted by atomic mass is 10.2. The molecule has 0 saturated carbocycles. The zero-order valence-electron chi connectivity index (χ0n) is 7.69. The fourth-order valence-electron chi connectivity index (χ4n) is 1.02. The van der Waals surface area contributed by atoms with Crippen LogP contribution in [-0.4, -0.2) is 6.10 Å². The van der Waals surface area contributed by atoms with Crippen molar-refractivity contribution < 1.29 is 4.74 Å². The predicted molar refractivity (Wildman–Crippen MR) is 53.4 cm³/mol. The number of nitriles is 1. The SMILES string of the molecule is CCC(CC#N)OCc1cccs1. The Morgan fingerprint density at radius 3 is 3.08 bits per heavy atom. The average molecular weight is 195 g/mol. The maximum atomic E-state index is 8.50. The van der Waals surface area contributed by atoms with E-state index >= 15 is 0 Å². The highest BCUT2D eigenvalue weighted by atomic mass is 32.1. The first-order chi connectivity index (χ1) is 6.36. The Kier molecular flexibility index (Phi) is 4.52. The third-order valence-electron chi connectivity index (χ3n) is 1.82. The van der Waals surface area contributed by atoms with Gasteiger partial charge in [0, 0.05) is 4.88 Å². The second-order valence-corrected chi connectivity index (χ2v) is 3.82. The maximum absolute atomic E-state index is 8.50. The highest BCUT2D eigenvalue weighted by molar-refractivity contribution is 7.09. The molecule has 0 N–H and O–H groups in total. The van der Waals surface area contributed by atoms with Crippen LogP contribution >= 0.6 is 11.3 Å².